The molecule has 1 aliphatic carbocycles. The summed E-state index contributed by atoms with van der Waals surface area (Å²) in [5, 5.41) is 0. The molecule has 2 saturated heterocycles. The normalized spacial score (nSPS) is 39.0. The summed E-state index contributed by atoms with van der Waals surface area (Å²) in [5.74, 6) is 7.11. The van der Waals surface area contributed by atoms with Gasteiger partial charge in [-0.05, 0) is 44.9 Å². The third-order valence-corrected chi connectivity index (χ3v) is 5.73. The smallest absolute Gasteiger partial charge is 0.0685 e. The Labute approximate surface area is 122 Å². The Hall–Kier alpha value is -0.160. The van der Waals surface area contributed by atoms with E-state index < -0.39 is 0 Å². The average Bonchev–Trinajstić information content (AvgIpc) is 2.87. The van der Waals surface area contributed by atoms with Crippen molar-refractivity contribution in [2.45, 2.75) is 76.0 Å². The lowest BCUT2D eigenvalue weighted by Crippen LogP contribution is -2.52. The molecule has 2 heterocycles. The van der Waals surface area contributed by atoms with E-state index >= 15 is 0 Å². The molecule has 0 aromatic rings. The van der Waals surface area contributed by atoms with Gasteiger partial charge in [0, 0.05) is 18.6 Å². The summed E-state index contributed by atoms with van der Waals surface area (Å²) >= 11 is 0. The molecule has 3 fully saturated rings. The lowest BCUT2D eigenvalue weighted by Gasteiger charge is -2.46. The number of hydrazine groups is 1. The molecule has 116 valence electrons. The van der Waals surface area contributed by atoms with Gasteiger partial charge in [-0.15, -0.1) is 0 Å². The molecular formula is C16H30N2O2. The zero-order valence-corrected chi connectivity index (χ0v) is 12.8. The molecule has 0 aromatic heterocycles. The van der Waals surface area contributed by atoms with E-state index in [0.29, 0.717) is 24.0 Å². The maximum absolute atomic E-state index is 6.22. The van der Waals surface area contributed by atoms with E-state index in [4.69, 9.17) is 15.3 Å². The highest BCUT2D eigenvalue weighted by molar-refractivity contribution is 4.95. The topological polar surface area (TPSA) is 56.5 Å². The highest BCUT2D eigenvalue weighted by Gasteiger charge is 2.43. The predicted molar refractivity (Wildman–Crippen MR) is 79.1 cm³/mol. The fraction of sp³-hybridized carbons (Fsp3) is 1.00. The molecule has 4 heteroatoms. The molecule has 2 aliphatic heterocycles. The first-order valence-corrected chi connectivity index (χ1v) is 8.44. The van der Waals surface area contributed by atoms with Crippen LogP contribution in [0.25, 0.3) is 0 Å². The van der Waals surface area contributed by atoms with Crippen molar-refractivity contribution >= 4 is 0 Å². The van der Waals surface area contributed by atoms with Gasteiger partial charge in [-0.2, -0.15) is 0 Å². The molecule has 0 radical (unpaired) electrons. The van der Waals surface area contributed by atoms with E-state index in [1.807, 2.05) is 0 Å². The summed E-state index contributed by atoms with van der Waals surface area (Å²) < 4.78 is 12.0. The van der Waals surface area contributed by atoms with Crippen LogP contribution in [0.1, 0.15) is 58.3 Å². The summed E-state index contributed by atoms with van der Waals surface area (Å²) in [6.07, 6.45) is 10.4. The van der Waals surface area contributed by atoms with Gasteiger partial charge in [0.2, 0.25) is 0 Å². The molecule has 20 heavy (non-hydrogen) atoms. The molecule has 3 rings (SSSR count). The van der Waals surface area contributed by atoms with Gasteiger partial charge in [0.25, 0.3) is 0 Å². The maximum atomic E-state index is 6.22. The van der Waals surface area contributed by atoms with E-state index in [1.165, 1.54) is 38.5 Å². The molecular weight excluding hydrogens is 252 g/mol. The SMILES string of the molecule is CC1CC(C(NN)C2CCOC3(CCCCC3)C2)CO1. The third-order valence-electron chi connectivity index (χ3n) is 5.73. The van der Waals surface area contributed by atoms with Crippen LogP contribution in [0, 0.1) is 11.8 Å². The fourth-order valence-corrected chi connectivity index (χ4v) is 4.67. The quantitative estimate of drug-likeness (QED) is 0.616. The second-order valence-corrected chi connectivity index (χ2v) is 7.18. The van der Waals surface area contributed by atoms with Crippen molar-refractivity contribution in [3.05, 3.63) is 0 Å². The molecule has 3 N–H and O–H groups in total. The van der Waals surface area contributed by atoms with Crippen molar-refractivity contribution in [2.24, 2.45) is 17.7 Å². The van der Waals surface area contributed by atoms with Gasteiger partial charge in [-0.25, -0.2) is 0 Å². The first kappa shape index (κ1) is 14.8. The van der Waals surface area contributed by atoms with Crippen LogP contribution in [-0.4, -0.2) is 31.0 Å². The van der Waals surface area contributed by atoms with E-state index in [1.54, 1.807) is 0 Å². The largest absolute Gasteiger partial charge is 0.378 e. The number of hydrogen-bond acceptors (Lipinski definition) is 4. The number of nitrogens with one attached hydrogen (secondary N) is 1. The van der Waals surface area contributed by atoms with Crippen LogP contribution in [0.4, 0.5) is 0 Å². The van der Waals surface area contributed by atoms with Crippen LogP contribution in [-0.2, 0) is 9.47 Å². The van der Waals surface area contributed by atoms with Crippen LogP contribution in [0.3, 0.4) is 0 Å². The van der Waals surface area contributed by atoms with Crippen molar-refractivity contribution in [1.29, 1.82) is 0 Å². The fourth-order valence-electron chi connectivity index (χ4n) is 4.67. The Morgan fingerprint density at radius 1 is 1.20 bits per heavy atom. The van der Waals surface area contributed by atoms with Crippen LogP contribution < -0.4 is 11.3 Å². The van der Waals surface area contributed by atoms with Crippen LogP contribution in [0.5, 0.6) is 0 Å². The van der Waals surface area contributed by atoms with Crippen molar-refractivity contribution in [3.8, 4) is 0 Å². The van der Waals surface area contributed by atoms with Gasteiger partial charge >= 0.3 is 0 Å². The lowest BCUT2D eigenvalue weighted by atomic mass is 9.72. The van der Waals surface area contributed by atoms with Gasteiger partial charge < -0.3 is 9.47 Å². The van der Waals surface area contributed by atoms with Crippen LogP contribution >= 0.6 is 0 Å². The molecule has 3 aliphatic rings. The zero-order valence-electron chi connectivity index (χ0n) is 12.8. The van der Waals surface area contributed by atoms with E-state index in [9.17, 15) is 0 Å². The number of rotatable bonds is 3. The predicted octanol–water partition coefficient (Wildman–Crippen LogP) is 2.37. The van der Waals surface area contributed by atoms with Crippen molar-refractivity contribution < 1.29 is 9.47 Å². The molecule has 4 unspecified atom stereocenters. The lowest BCUT2D eigenvalue weighted by molar-refractivity contribution is -0.124. The minimum absolute atomic E-state index is 0.168. The van der Waals surface area contributed by atoms with E-state index in [2.05, 4.69) is 12.3 Å². The molecule has 0 amide bonds. The summed E-state index contributed by atoms with van der Waals surface area (Å²) in [4.78, 5) is 0. The summed E-state index contributed by atoms with van der Waals surface area (Å²) in [6, 6.07) is 0.391. The highest BCUT2D eigenvalue weighted by Crippen LogP contribution is 2.43. The van der Waals surface area contributed by atoms with Crippen molar-refractivity contribution in [3.63, 3.8) is 0 Å². The number of ether oxygens (including phenoxy) is 2. The van der Waals surface area contributed by atoms with E-state index in [-0.39, 0.29) is 5.60 Å². The second-order valence-electron chi connectivity index (χ2n) is 7.18. The summed E-state index contributed by atoms with van der Waals surface area (Å²) in [7, 11) is 0. The highest BCUT2D eigenvalue weighted by atomic mass is 16.5. The van der Waals surface area contributed by atoms with E-state index in [0.717, 1.165) is 26.1 Å². The van der Waals surface area contributed by atoms with Crippen molar-refractivity contribution in [1.82, 2.24) is 5.43 Å². The molecule has 0 aromatic carbocycles. The Balaban J connectivity index is 1.65. The number of hydrogen-bond donors (Lipinski definition) is 2. The van der Waals surface area contributed by atoms with Gasteiger partial charge in [0.05, 0.1) is 18.3 Å². The first-order chi connectivity index (χ1) is 9.72. The molecule has 4 nitrogen and oxygen atoms in total. The first-order valence-electron chi connectivity index (χ1n) is 8.44. The molecule has 0 bridgehead atoms. The average molecular weight is 282 g/mol. The second kappa shape index (κ2) is 6.30. The summed E-state index contributed by atoms with van der Waals surface area (Å²) in [5.41, 5.74) is 3.29. The maximum Gasteiger partial charge on any atom is 0.0685 e. The van der Waals surface area contributed by atoms with Gasteiger partial charge in [0.15, 0.2) is 0 Å². The summed E-state index contributed by atoms with van der Waals surface area (Å²) in [6.45, 7) is 3.94. The molecule has 1 spiro atoms. The van der Waals surface area contributed by atoms with Gasteiger partial charge in [-0.3, -0.25) is 11.3 Å². The Morgan fingerprint density at radius 3 is 2.65 bits per heavy atom. The third kappa shape index (κ3) is 3.03. The van der Waals surface area contributed by atoms with Gasteiger partial charge in [0.1, 0.15) is 0 Å². The Bertz CT molecular complexity index is 312. The zero-order chi connectivity index (χ0) is 14.0. The standard InChI is InChI=1S/C16H30N2O2/c1-12-9-14(11-19-12)15(18-17)13-5-8-20-16(10-13)6-3-2-4-7-16/h12-15,18H,2-11,17H2,1H3. The van der Waals surface area contributed by atoms with Crippen molar-refractivity contribution in [2.75, 3.05) is 13.2 Å². The Morgan fingerprint density at radius 2 is 2.00 bits per heavy atom. The minimum atomic E-state index is 0.168. The molecule has 4 atom stereocenters. The minimum Gasteiger partial charge on any atom is -0.378 e. The monoisotopic (exact) mass is 282 g/mol. The van der Waals surface area contributed by atoms with Crippen LogP contribution in [0.2, 0.25) is 0 Å². The Kier molecular flexibility index (Phi) is 4.65. The molecule has 1 saturated carbocycles. The van der Waals surface area contributed by atoms with Gasteiger partial charge in [-0.1, -0.05) is 19.3 Å². The number of nitrogens with two attached hydrogens (primary N) is 1. The van der Waals surface area contributed by atoms with Crippen LogP contribution in [0.15, 0.2) is 0 Å².